The van der Waals surface area contributed by atoms with Crippen molar-refractivity contribution in [1.29, 1.82) is 0 Å². The van der Waals surface area contributed by atoms with Crippen molar-refractivity contribution in [2.75, 3.05) is 68.5 Å². The molecule has 5 heterocycles. The number of carbonyl (C=O) groups is 1. The van der Waals surface area contributed by atoms with Gasteiger partial charge in [0.25, 0.3) is 5.56 Å². The summed E-state index contributed by atoms with van der Waals surface area (Å²) in [6.07, 6.45) is 9.29. The lowest BCUT2D eigenvalue weighted by Crippen LogP contribution is -2.44. The third kappa shape index (κ3) is 5.58. The van der Waals surface area contributed by atoms with Crippen molar-refractivity contribution in [3.8, 4) is 11.1 Å². The Labute approximate surface area is 268 Å². The zero-order valence-electron chi connectivity index (χ0n) is 26.7. The standard InChI is InChI=1S/C35H40FN7O3/c1-39-10-12-41(13-11-39)25-8-9-33(37-19-25)38-29-16-23(20-40(2)35(29)45)27-17-24(36)18-31(28(27)22-46-3)42-14-15-43-30-7-5-4-6-26(30)34(44)32(43)21-42/h8-9,16-21H,4-7,10-15,22H2,1-3H3,(H,37,38). The monoisotopic (exact) mass is 625 g/mol. The Hall–Kier alpha value is -4.48. The average molecular weight is 626 g/mol. The van der Waals surface area contributed by atoms with Gasteiger partial charge in [-0.3, -0.25) is 9.59 Å². The molecule has 4 aliphatic rings. The highest BCUT2D eigenvalue weighted by Gasteiger charge is 2.38. The summed E-state index contributed by atoms with van der Waals surface area (Å²) in [4.78, 5) is 39.9. The molecule has 0 atom stereocenters. The summed E-state index contributed by atoms with van der Waals surface area (Å²) >= 11 is 0. The minimum Gasteiger partial charge on any atom is -0.380 e. The van der Waals surface area contributed by atoms with E-state index in [2.05, 4.69) is 32.0 Å². The van der Waals surface area contributed by atoms with E-state index in [0.717, 1.165) is 74.4 Å². The summed E-state index contributed by atoms with van der Waals surface area (Å²) in [5.41, 5.74) is 6.60. The molecule has 1 fully saturated rings. The van der Waals surface area contributed by atoms with Crippen molar-refractivity contribution in [2.24, 2.45) is 7.05 Å². The lowest BCUT2D eigenvalue weighted by Gasteiger charge is -2.35. The molecule has 7 rings (SSSR count). The molecule has 0 spiro atoms. The zero-order chi connectivity index (χ0) is 31.9. The molecular weight excluding hydrogens is 585 g/mol. The second-order valence-electron chi connectivity index (χ2n) is 12.6. The number of carbonyl (C=O) groups excluding carboxylic acids is 1. The number of anilines is 4. The van der Waals surface area contributed by atoms with Gasteiger partial charge in [-0.05, 0) is 68.6 Å². The highest BCUT2D eigenvalue weighted by atomic mass is 19.1. The summed E-state index contributed by atoms with van der Waals surface area (Å²) in [5.74, 6) is 0.222. The van der Waals surface area contributed by atoms with E-state index in [-0.39, 0.29) is 17.9 Å². The molecule has 1 saturated heterocycles. The van der Waals surface area contributed by atoms with Gasteiger partial charge in [0.15, 0.2) is 0 Å². The van der Waals surface area contributed by atoms with Gasteiger partial charge in [-0.25, -0.2) is 9.37 Å². The van der Waals surface area contributed by atoms with Crippen LogP contribution in [-0.4, -0.2) is 78.6 Å². The molecule has 46 heavy (non-hydrogen) atoms. The predicted molar refractivity (Wildman–Crippen MR) is 178 cm³/mol. The van der Waals surface area contributed by atoms with E-state index in [1.807, 2.05) is 29.4 Å². The van der Waals surface area contributed by atoms with Gasteiger partial charge in [-0.1, -0.05) is 0 Å². The zero-order valence-corrected chi connectivity index (χ0v) is 26.7. The number of hydrogen-bond acceptors (Lipinski definition) is 9. The number of rotatable bonds is 7. The van der Waals surface area contributed by atoms with Crippen molar-refractivity contribution >= 4 is 28.7 Å². The number of nitrogens with zero attached hydrogens (tertiary/aromatic N) is 6. The maximum absolute atomic E-state index is 15.4. The van der Waals surface area contributed by atoms with Crippen molar-refractivity contribution in [3.63, 3.8) is 0 Å². The van der Waals surface area contributed by atoms with Crippen LogP contribution in [0.4, 0.5) is 27.3 Å². The molecule has 240 valence electrons. The predicted octanol–water partition coefficient (Wildman–Crippen LogP) is 4.60. The SMILES string of the molecule is COCc1c(-c2cc(Nc3ccc(N4CCN(C)CC4)cn3)c(=O)n(C)c2)cc(F)cc1N1C=C2C(=O)C3=C(CCCC3)N2CC1. The van der Waals surface area contributed by atoms with E-state index < -0.39 is 5.82 Å². The number of ether oxygens (including phenoxy) is 1. The van der Waals surface area contributed by atoms with Crippen LogP contribution >= 0.6 is 0 Å². The number of pyridine rings is 2. The fourth-order valence-corrected chi connectivity index (χ4v) is 7.08. The van der Waals surface area contributed by atoms with E-state index in [4.69, 9.17) is 4.74 Å². The Balaban J connectivity index is 1.21. The van der Waals surface area contributed by atoms with E-state index in [0.29, 0.717) is 47.1 Å². The van der Waals surface area contributed by atoms with E-state index in [1.54, 1.807) is 26.4 Å². The number of Topliss-reactive ketones (excluding diaryl/α,β-unsaturated/α-hetero) is 1. The minimum absolute atomic E-state index is 0.0864. The second kappa shape index (κ2) is 12.4. The number of allylic oxidation sites excluding steroid dienone is 2. The van der Waals surface area contributed by atoms with Crippen LogP contribution in [0.5, 0.6) is 0 Å². The summed E-state index contributed by atoms with van der Waals surface area (Å²) in [6.45, 7) is 5.36. The Bertz CT molecular complexity index is 1790. The molecule has 0 saturated carbocycles. The normalized spacial score (nSPS) is 18.6. The number of nitrogens with one attached hydrogen (secondary N) is 1. The van der Waals surface area contributed by atoms with Gasteiger partial charge in [0.2, 0.25) is 5.78 Å². The number of aromatic nitrogens is 2. The number of hydrogen-bond donors (Lipinski definition) is 1. The van der Waals surface area contributed by atoms with Gasteiger partial charge in [0.1, 0.15) is 23.0 Å². The summed E-state index contributed by atoms with van der Waals surface area (Å²) in [7, 11) is 5.41. The fraction of sp³-hybridized carbons (Fsp3) is 0.400. The summed E-state index contributed by atoms with van der Waals surface area (Å²) in [5, 5.41) is 3.20. The van der Waals surface area contributed by atoms with Crippen molar-refractivity contribution in [3.05, 3.63) is 87.6 Å². The Morgan fingerprint density at radius 3 is 2.54 bits per heavy atom. The van der Waals surface area contributed by atoms with Crippen LogP contribution in [0, 0.1) is 5.82 Å². The van der Waals surface area contributed by atoms with Gasteiger partial charge in [0.05, 0.1) is 18.5 Å². The van der Waals surface area contributed by atoms with E-state index in [9.17, 15) is 9.59 Å². The molecule has 0 amide bonds. The largest absolute Gasteiger partial charge is 0.380 e. The van der Waals surface area contributed by atoms with Crippen molar-refractivity contribution < 1.29 is 13.9 Å². The highest BCUT2D eigenvalue weighted by Crippen LogP contribution is 2.41. The van der Waals surface area contributed by atoms with Crippen LogP contribution in [-0.2, 0) is 23.2 Å². The lowest BCUT2D eigenvalue weighted by molar-refractivity contribution is -0.112. The minimum atomic E-state index is -0.412. The topological polar surface area (TPSA) is 86.2 Å². The summed E-state index contributed by atoms with van der Waals surface area (Å²) < 4.78 is 22.6. The molecule has 1 aliphatic carbocycles. The molecule has 11 heteroatoms. The average Bonchev–Trinajstić information content (AvgIpc) is 3.35. The van der Waals surface area contributed by atoms with Crippen molar-refractivity contribution in [2.45, 2.75) is 32.3 Å². The first-order chi connectivity index (χ1) is 22.3. The lowest BCUT2D eigenvalue weighted by atomic mass is 9.96. The van der Waals surface area contributed by atoms with Crippen molar-refractivity contribution in [1.82, 2.24) is 19.4 Å². The highest BCUT2D eigenvalue weighted by molar-refractivity contribution is 6.11. The molecule has 2 aromatic heterocycles. The number of likely N-dealkylation sites (N-methyl/N-ethyl adjacent to an activating group) is 1. The Morgan fingerprint density at radius 1 is 0.978 bits per heavy atom. The maximum Gasteiger partial charge on any atom is 0.274 e. The van der Waals surface area contributed by atoms with Gasteiger partial charge < -0.3 is 34.2 Å². The van der Waals surface area contributed by atoms with Crippen LogP contribution in [0.3, 0.4) is 0 Å². The smallest absolute Gasteiger partial charge is 0.274 e. The molecule has 10 nitrogen and oxygen atoms in total. The molecule has 3 aromatic rings. The first kappa shape index (κ1) is 30.2. The van der Waals surface area contributed by atoms with Gasteiger partial charge >= 0.3 is 0 Å². The van der Waals surface area contributed by atoms with Crippen LogP contribution in [0.2, 0.25) is 0 Å². The molecule has 0 bridgehead atoms. The number of halogens is 1. The molecular formula is C35H40FN7O3. The number of fused-ring (bicyclic) bond motifs is 2. The van der Waals surface area contributed by atoms with Crippen LogP contribution in [0.1, 0.15) is 31.2 Å². The quantitative estimate of drug-likeness (QED) is 0.405. The Morgan fingerprint density at radius 2 is 1.78 bits per heavy atom. The number of piperazine rings is 1. The molecule has 1 aromatic carbocycles. The summed E-state index contributed by atoms with van der Waals surface area (Å²) in [6, 6.07) is 8.62. The van der Waals surface area contributed by atoms with E-state index >= 15 is 4.39 Å². The van der Waals surface area contributed by atoms with E-state index in [1.165, 1.54) is 16.7 Å². The van der Waals surface area contributed by atoms with Gasteiger partial charge in [0, 0.05) is 93.9 Å². The van der Waals surface area contributed by atoms with Gasteiger partial charge in [-0.2, -0.15) is 0 Å². The number of aryl methyl sites for hydroxylation is 1. The van der Waals surface area contributed by atoms with Crippen LogP contribution < -0.4 is 20.7 Å². The van der Waals surface area contributed by atoms with Gasteiger partial charge in [-0.15, -0.1) is 0 Å². The number of benzene rings is 1. The third-order valence-corrected chi connectivity index (χ3v) is 9.57. The Kier molecular flexibility index (Phi) is 8.12. The second-order valence-corrected chi connectivity index (χ2v) is 12.6. The first-order valence-electron chi connectivity index (χ1n) is 16.0. The third-order valence-electron chi connectivity index (χ3n) is 9.57. The molecule has 3 aliphatic heterocycles. The van der Waals surface area contributed by atoms with Crippen LogP contribution in [0.15, 0.2) is 70.7 Å². The fourth-order valence-electron chi connectivity index (χ4n) is 7.08. The number of ketones is 1. The maximum atomic E-state index is 15.4. The molecule has 0 unspecified atom stereocenters. The van der Waals surface area contributed by atoms with Crippen LogP contribution in [0.25, 0.3) is 11.1 Å². The number of methoxy groups -OCH3 is 1. The molecule has 0 radical (unpaired) electrons. The first-order valence-corrected chi connectivity index (χ1v) is 16.0. The molecule has 1 N–H and O–H groups in total.